The molecule has 0 fully saturated rings. The molecule has 0 atom stereocenters. The van der Waals surface area contributed by atoms with Crippen molar-refractivity contribution in [3.05, 3.63) is 61.9 Å². The molecule has 3 rings (SSSR count). The second kappa shape index (κ2) is 4.17. The highest BCUT2D eigenvalue weighted by atomic mass is 32.1. The number of hydrogen-bond donors (Lipinski definition) is 1. The highest BCUT2D eigenvalue weighted by Crippen LogP contribution is 2.17. The number of aryl methyl sites for hydroxylation is 1. The predicted molar refractivity (Wildman–Crippen MR) is 72.7 cm³/mol. The Balaban J connectivity index is 2.41. The molecule has 1 N–H and O–H groups in total. The lowest BCUT2D eigenvalue weighted by Gasteiger charge is -2.03. The molecule has 0 aliphatic rings. The van der Waals surface area contributed by atoms with E-state index >= 15 is 0 Å². The molecule has 0 aliphatic carbocycles. The van der Waals surface area contributed by atoms with Gasteiger partial charge in [-0.1, -0.05) is 0 Å². The van der Waals surface area contributed by atoms with E-state index in [-0.39, 0.29) is 10.9 Å². The standard InChI is InChI=1S/C13H9FN2O2S/c1-7-2-5-11(19-7)16-12(17)9-4-3-8(14)6-10(9)15-13(16)18/h2-6H,1H3,(H,15,18). The van der Waals surface area contributed by atoms with Gasteiger partial charge >= 0.3 is 5.69 Å². The van der Waals surface area contributed by atoms with Crippen LogP contribution in [0.4, 0.5) is 4.39 Å². The largest absolute Gasteiger partial charge is 0.334 e. The Kier molecular flexibility index (Phi) is 2.60. The van der Waals surface area contributed by atoms with Gasteiger partial charge in [0.05, 0.1) is 10.9 Å². The van der Waals surface area contributed by atoms with Crippen molar-refractivity contribution in [2.75, 3.05) is 0 Å². The molecule has 2 aromatic heterocycles. The minimum atomic E-state index is -0.565. The first-order valence-corrected chi connectivity index (χ1v) is 6.39. The summed E-state index contributed by atoms with van der Waals surface area (Å²) < 4.78 is 14.2. The third kappa shape index (κ3) is 1.90. The number of fused-ring (bicyclic) bond motifs is 1. The molecule has 2 heterocycles. The lowest BCUT2D eigenvalue weighted by atomic mass is 10.2. The van der Waals surface area contributed by atoms with Gasteiger partial charge in [-0.05, 0) is 37.3 Å². The zero-order chi connectivity index (χ0) is 13.6. The summed E-state index contributed by atoms with van der Waals surface area (Å²) in [7, 11) is 0. The van der Waals surface area contributed by atoms with E-state index in [0.717, 1.165) is 15.5 Å². The Bertz CT molecular complexity index is 892. The molecule has 1 aromatic carbocycles. The predicted octanol–water partition coefficient (Wildman–Crippen LogP) is 2.19. The van der Waals surface area contributed by atoms with Crippen molar-refractivity contribution >= 4 is 22.2 Å². The number of benzene rings is 1. The molecule has 4 nitrogen and oxygen atoms in total. The van der Waals surface area contributed by atoms with Crippen LogP contribution in [0.2, 0.25) is 0 Å². The average molecular weight is 276 g/mol. The first-order valence-electron chi connectivity index (χ1n) is 5.58. The number of halogens is 1. The number of nitrogens with zero attached hydrogens (tertiary/aromatic N) is 1. The summed E-state index contributed by atoms with van der Waals surface area (Å²) in [5.41, 5.74) is -0.801. The summed E-state index contributed by atoms with van der Waals surface area (Å²) in [6.45, 7) is 1.89. The second-order valence-electron chi connectivity index (χ2n) is 4.14. The quantitative estimate of drug-likeness (QED) is 0.740. The number of thiophene rings is 1. The van der Waals surface area contributed by atoms with E-state index < -0.39 is 17.1 Å². The van der Waals surface area contributed by atoms with Gasteiger partial charge in [-0.25, -0.2) is 13.8 Å². The fourth-order valence-electron chi connectivity index (χ4n) is 1.93. The van der Waals surface area contributed by atoms with Gasteiger partial charge in [-0.2, -0.15) is 0 Å². The van der Waals surface area contributed by atoms with Crippen LogP contribution in [0.3, 0.4) is 0 Å². The van der Waals surface area contributed by atoms with Crippen LogP contribution >= 0.6 is 11.3 Å². The Morgan fingerprint density at radius 2 is 2.00 bits per heavy atom. The number of aromatic amines is 1. The zero-order valence-corrected chi connectivity index (χ0v) is 10.8. The molecule has 3 aromatic rings. The molecule has 0 aliphatic heterocycles. The van der Waals surface area contributed by atoms with Crippen LogP contribution in [0.25, 0.3) is 15.9 Å². The summed E-state index contributed by atoms with van der Waals surface area (Å²) in [5.74, 6) is -0.493. The Hall–Kier alpha value is -2.21. The van der Waals surface area contributed by atoms with Crippen LogP contribution in [0, 0.1) is 12.7 Å². The maximum absolute atomic E-state index is 13.1. The highest BCUT2D eigenvalue weighted by Gasteiger charge is 2.11. The third-order valence-electron chi connectivity index (χ3n) is 2.81. The van der Waals surface area contributed by atoms with Gasteiger partial charge < -0.3 is 4.98 Å². The maximum atomic E-state index is 13.1. The number of hydrogen-bond acceptors (Lipinski definition) is 3. The van der Waals surface area contributed by atoms with Gasteiger partial charge in [0.2, 0.25) is 0 Å². The van der Waals surface area contributed by atoms with Gasteiger partial charge in [0.15, 0.2) is 0 Å². The summed E-state index contributed by atoms with van der Waals surface area (Å²) >= 11 is 1.35. The van der Waals surface area contributed by atoms with Crippen molar-refractivity contribution < 1.29 is 4.39 Å². The first-order chi connectivity index (χ1) is 9.06. The maximum Gasteiger partial charge on any atom is 0.334 e. The van der Waals surface area contributed by atoms with Gasteiger partial charge in [-0.3, -0.25) is 4.79 Å². The van der Waals surface area contributed by atoms with Crippen molar-refractivity contribution in [3.8, 4) is 5.00 Å². The molecule has 0 unspecified atom stereocenters. The van der Waals surface area contributed by atoms with E-state index in [9.17, 15) is 14.0 Å². The van der Waals surface area contributed by atoms with Crippen molar-refractivity contribution in [2.45, 2.75) is 6.92 Å². The Labute approximate surface area is 110 Å². The number of nitrogens with one attached hydrogen (secondary N) is 1. The normalized spacial score (nSPS) is 11.1. The van der Waals surface area contributed by atoms with Gasteiger partial charge in [0, 0.05) is 4.88 Å². The van der Waals surface area contributed by atoms with Crippen molar-refractivity contribution in [2.24, 2.45) is 0 Å². The van der Waals surface area contributed by atoms with Crippen molar-refractivity contribution in [1.82, 2.24) is 9.55 Å². The van der Waals surface area contributed by atoms with E-state index in [1.165, 1.54) is 23.5 Å². The van der Waals surface area contributed by atoms with Gasteiger partial charge in [0.1, 0.15) is 10.8 Å². The minimum Gasteiger partial charge on any atom is -0.306 e. The van der Waals surface area contributed by atoms with Crippen LogP contribution in [0.15, 0.2) is 39.9 Å². The fourth-order valence-corrected chi connectivity index (χ4v) is 2.79. The lowest BCUT2D eigenvalue weighted by molar-refractivity contribution is 0.629. The molecular formula is C13H9FN2O2S. The summed E-state index contributed by atoms with van der Waals surface area (Å²) in [5, 5.41) is 0.835. The monoisotopic (exact) mass is 276 g/mol. The van der Waals surface area contributed by atoms with Crippen LogP contribution in [-0.4, -0.2) is 9.55 Å². The van der Waals surface area contributed by atoms with E-state index in [1.807, 2.05) is 13.0 Å². The van der Waals surface area contributed by atoms with Crippen LogP contribution in [0.5, 0.6) is 0 Å². The fraction of sp³-hybridized carbons (Fsp3) is 0.0769. The Morgan fingerprint density at radius 3 is 2.68 bits per heavy atom. The van der Waals surface area contributed by atoms with E-state index in [2.05, 4.69) is 4.98 Å². The topological polar surface area (TPSA) is 54.9 Å². The van der Waals surface area contributed by atoms with Crippen LogP contribution < -0.4 is 11.2 Å². The Morgan fingerprint density at radius 1 is 1.21 bits per heavy atom. The van der Waals surface area contributed by atoms with Crippen LogP contribution in [0.1, 0.15) is 4.88 Å². The molecule has 19 heavy (non-hydrogen) atoms. The lowest BCUT2D eigenvalue weighted by Crippen LogP contribution is -2.33. The molecule has 0 amide bonds. The summed E-state index contributed by atoms with van der Waals surface area (Å²) in [6.07, 6.45) is 0. The SMILES string of the molecule is Cc1ccc(-n2c(=O)[nH]c3cc(F)ccc3c2=O)s1. The number of aromatic nitrogens is 2. The summed E-state index contributed by atoms with van der Waals surface area (Å²) in [6, 6.07) is 7.26. The molecule has 96 valence electrons. The molecule has 0 bridgehead atoms. The molecule has 0 spiro atoms. The van der Waals surface area contributed by atoms with Gasteiger partial charge in [0.25, 0.3) is 5.56 Å². The number of rotatable bonds is 1. The van der Waals surface area contributed by atoms with Crippen molar-refractivity contribution in [3.63, 3.8) is 0 Å². The van der Waals surface area contributed by atoms with E-state index in [4.69, 9.17) is 0 Å². The average Bonchev–Trinajstić information content (AvgIpc) is 2.75. The third-order valence-corrected chi connectivity index (χ3v) is 3.79. The molecular weight excluding hydrogens is 267 g/mol. The van der Waals surface area contributed by atoms with E-state index in [1.54, 1.807) is 6.07 Å². The second-order valence-corrected chi connectivity index (χ2v) is 5.41. The summed E-state index contributed by atoms with van der Waals surface area (Å²) in [4.78, 5) is 27.8. The van der Waals surface area contributed by atoms with Crippen LogP contribution in [-0.2, 0) is 0 Å². The first kappa shape index (κ1) is 11.9. The number of H-pyrrole nitrogens is 1. The van der Waals surface area contributed by atoms with Crippen molar-refractivity contribution in [1.29, 1.82) is 0 Å². The minimum absolute atomic E-state index is 0.208. The van der Waals surface area contributed by atoms with Gasteiger partial charge in [-0.15, -0.1) is 11.3 Å². The smallest absolute Gasteiger partial charge is 0.306 e. The molecule has 0 saturated carbocycles. The molecule has 6 heteroatoms. The van der Waals surface area contributed by atoms with E-state index in [0.29, 0.717) is 5.00 Å². The highest BCUT2D eigenvalue weighted by molar-refractivity contribution is 7.14. The molecule has 0 radical (unpaired) electrons. The zero-order valence-electron chi connectivity index (χ0n) is 9.94. The molecule has 0 saturated heterocycles.